The van der Waals surface area contributed by atoms with Crippen molar-refractivity contribution in [1.29, 1.82) is 0 Å². The number of nitrogens with one attached hydrogen (secondary N) is 1. The second-order valence-electron chi connectivity index (χ2n) is 3.96. The van der Waals surface area contributed by atoms with Crippen molar-refractivity contribution in [2.24, 2.45) is 0 Å². The van der Waals surface area contributed by atoms with Crippen molar-refractivity contribution in [3.05, 3.63) is 18.2 Å². The molecule has 1 aromatic carbocycles. The van der Waals surface area contributed by atoms with Gasteiger partial charge in [0.05, 0.1) is 37.2 Å². The van der Waals surface area contributed by atoms with Crippen LogP contribution in [0, 0.1) is 0 Å². The number of methoxy groups -OCH3 is 1. The van der Waals surface area contributed by atoms with Gasteiger partial charge in [0, 0.05) is 6.07 Å². The lowest BCUT2D eigenvalue weighted by Crippen LogP contribution is -2.42. The SMILES string of the molecule is COc1ccc(N)c(NC(C)(CO)CO)c1. The van der Waals surface area contributed by atoms with Crippen LogP contribution in [0.5, 0.6) is 5.75 Å². The summed E-state index contributed by atoms with van der Waals surface area (Å²) in [4.78, 5) is 0. The lowest BCUT2D eigenvalue weighted by atomic mass is 10.0. The van der Waals surface area contributed by atoms with E-state index < -0.39 is 5.54 Å². The number of benzene rings is 1. The van der Waals surface area contributed by atoms with E-state index in [4.69, 9.17) is 20.7 Å². The summed E-state index contributed by atoms with van der Waals surface area (Å²) in [6.07, 6.45) is 0. The number of anilines is 2. The molecule has 0 aromatic heterocycles. The van der Waals surface area contributed by atoms with Crippen LogP contribution in [0.15, 0.2) is 18.2 Å². The molecule has 0 aliphatic carbocycles. The van der Waals surface area contributed by atoms with Crippen LogP contribution in [0.2, 0.25) is 0 Å². The van der Waals surface area contributed by atoms with Crippen molar-refractivity contribution in [1.82, 2.24) is 0 Å². The lowest BCUT2D eigenvalue weighted by molar-refractivity contribution is 0.147. The van der Waals surface area contributed by atoms with Crippen LogP contribution in [0.4, 0.5) is 11.4 Å². The maximum Gasteiger partial charge on any atom is 0.121 e. The summed E-state index contributed by atoms with van der Waals surface area (Å²) in [7, 11) is 1.56. The molecule has 0 fully saturated rings. The summed E-state index contributed by atoms with van der Waals surface area (Å²) in [5, 5.41) is 21.3. The van der Waals surface area contributed by atoms with Crippen LogP contribution in [0.25, 0.3) is 0 Å². The fourth-order valence-corrected chi connectivity index (χ4v) is 1.22. The lowest BCUT2D eigenvalue weighted by Gasteiger charge is -2.28. The number of aliphatic hydroxyl groups excluding tert-OH is 2. The zero-order valence-corrected chi connectivity index (χ0v) is 9.53. The van der Waals surface area contributed by atoms with Gasteiger partial charge in [0.25, 0.3) is 0 Å². The largest absolute Gasteiger partial charge is 0.497 e. The van der Waals surface area contributed by atoms with Crippen LogP contribution >= 0.6 is 0 Å². The minimum Gasteiger partial charge on any atom is -0.497 e. The fraction of sp³-hybridized carbons (Fsp3) is 0.455. The van der Waals surface area contributed by atoms with Crippen LogP contribution in [-0.4, -0.2) is 36.1 Å². The highest BCUT2D eigenvalue weighted by molar-refractivity contribution is 5.69. The van der Waals surface area contributed by atoms with E-state index in [0.29, 0.717) is 17.1 Å². The quantitative estimate of drug-likeness (QED) is 0.547. The zero-order valence-electron chi connectivity index (χ0n) is 9.53. The van der Waals surface area contributed by atoms with E-state index in [9.17, 15) is 0 Å². The van der Waals surface area contributed by atoms with Gasteiger partial charge in [-0.05, 0) is 19.1 Å². The van der Waals surface area contributed by atoms with Crippen molar-refractivity contribution in [2.45, 2.75) is 12.5 Å². The molecule has 90 valence electrons. The van der Waals surface area contributed by atoms with Crippen LogP contribution in [0.3, 0.4) is 0 Å². The molecule has 0 radical (unpaired) electrons. The number of nitrogen functional groups attached to an aromatic ring is 1. The Balaban J connectivity index is 2.95. The zero-order chi connectivity index (χ0) is 12.2. The van der Waals surface area contributed by atoms with Crippen LogP contribution in [-0.2, 0) is 0 Å². The Hall–Kier alpha value is -1.46. The molecular weight excluding hydrogens is 208 g/mol. The van der Waals surface area contributed by atoms with E-state index in [1.807, 2.05) is 0 Å². The standard InChI is InChI=1S/C11H18N2O3/c1-11(6-14,7-15)13-10-5-8(16-2)3-4-9(10)12/h3-5,13-15H,6-7,12H2,1-2H3. The Labute approximate surface area is 94.8 Å². The highest BCUT2D eigenvalue weighted by atomic mass is 16.5. The third kappa shape index (κ3) is 2.77. The van der Waals surface area contributed by atoms with E-state index in [2.05, 4.69) is 5.32 Å². The first-order chi connectivity index (χ1) is 7.54. The average Bonchev–Trinajstić information content (AvgIpc) is 2.32. The average molecular weight is 226 g/mol. The molecule has 0 bridgehead atoms. The molecule has 0 aliphatic rings. The van der Waals surface area contributed by atoms with Crippen LogP contribution < -0.4 is 15.8 Å². The normalized spacial score (nSPS) is 11.2. The first kappa shape index (κ1) is 12.6. The maximum atomic E-state index is 9.17. The molecular formula is C11H18N2O3. The Morgan fingerprint density at radius 1 is 1.38 bits per heavy atom. The smallest absolute Gasteiger partial charge is 0.121 e. The van der Waals surface area contributed by atoms with Gasteiger partial charge >= 0.3 is 0 Å². The molecule has 0 amide bonds. The number of nitrogens with two attached hydrogens (primary N) is 1. The number of aliphatic hydroxyl groups is 2. The predicted octanol–water partition coefficient (Wildman–Crippen LogP) is 0.433. The molecule has 0 aliphatic heterocycles. The molecule has 0 saturated heterocycles. The van der Waals surface area contributed by atoms with Gasteiger partial charge in [-0.1, -0.05) is 0 Å². The Kier molecular flexibility index (Phi) is 3.98. The fourth-order valence-electron chi connectivity index (χ4n) is 1.22. The van der Waals surface area contributed by atoms with E-state index in [1.165, 1.54) is 0 Å². The van der Waals surface area contributed by atoms with Crippen molar-refractivity contribution in [3.8, 4) is 5.75 Å². The summed E-state index contributed by atoms with van der Waals surface area (Å²) in [5.74, 6) is 0.662. The minimum absolute atomic E-state index is 0.194. The molecule has 0 saturated carbocycles. The summed E-state index contributed by atoms with van der Waals surface area (Å²) in [6, 6.07) is 5.17. The second kappa shape index (κ2) is 5.05. The molecule has 0 unspecified atom stereocenters. The predicted molar refractivity (Wildman–Crippen MR) is 63.6 cm³/mol. The molecule has 5 N–H and O–H groups in total. The van der Waals surface area contributed by atoms with Crippen molar-refractivity contribution in [3.63, 3.8) is 0 Å². The van der Waals surface area contributed by atoms with Gasteiger partial charge in [-0.15, -0.1) is 0 Å². The van der Waals surface area contributed by atoms with Gasteiger partial charge in [0.1, 0.15) is 5.75 Å². The molecule has 1 aromatic rings. The monoisotopic (exact) mass is 226 g/mol. The first-order valence-electron chi connectivity index (χ1n) is 4.98. The molecule has 0 heterocycles. The molecule has 1 rings (SSSR count). The van der Waals surface area contributed by atoms with E-state index in [-0.39, 0.29) is 13.2 Å². The molecule has 0 spiro atoms. The van der Waals surface area contributed by atoms with Crippen LogP contribution in [0.1, 0.15) is 6.92 Å². The topological polar surface area (TPSA) is 87.7 Å². The summed E-state index contributed by atoms with van der Waals surface area (Å²) >= 11 is 0. The van der Waals surface area contributed by atoms with E-state index in [1.54, 1.807) is 32.2 Å². The van der Waals surface area contributed by atoms with Gasteiger partial charge in [0.15, 0.2) is 0 Å². The van der Waals surface area contributed by atoms with Gasteiger partial charge in [-0.3, -0.25) is 0 Å². The molecule has 5 heteroatoms. The molecule has 16 heavy (non-hydrogen) atoms. The van der Waals surface area contributed by atoms with Crippen molar-refractivity contribution < 1.29 is 14.9 Å². The van der Waals surface area contributed by atoms with Gasteiger partial charge in [-0.25, -0.2) is 0 Å². The molecule has 0 atom stereocenters. The van der Waals surface area contributed by atoms with Gasteiger partial charge < -0.3 is 26.0 Å². The molecule has 5 nitrogen and oxygen atoms in total. The highest BCUT2D eigenvalue weighted by Crippen LogP contribution is 2.26. The number of ether oxygens (including phenoxy) is 1. The van der Waals surface area contributed by atoms with Crippen molar-refractivity contribution >= 4 is 11.4 Å². The second-order valence-corrected chi connectivity index (χ2v) is 3.96. The Morgan fingerprint density at radius 3 is 2.50 bits per heavy atom. The Morgan fingerprint density at radius 2 is 2.00 bits per heavy atom. The first-order valence-corrected chi connectivity index (χ1v) is 4.98. The van der Waals surface area contributed by atoms with Gasteiger partial charge in [-0.2, -0.15) is 0 Å². The number of rotatable bonds is 5. The number of hydrogen-bond donors (Lipinski definition) is 4. The van der Waals surface area contributed by atoms with E-state index >= 15 is 0 Å². The minimum atomic E-state index is -0.805. The highest BCUT2D eigenvalue weighted by Gasteiger charge is 2.22. The Bertz CT molecular complexity index is 351. The summed E-state index contributed by atoms with van der Waals surface area (Å²) < 4.78 is 5.07. The summed E-state index contributed by atoms with van der Waals surface area (Å²) in [5.41, 5.74) is 6.14. The third-order valence-electron chi connectivity index (χ3n) is 2.39. The third-order valence-corrected chi connectivity index (χ3v) is 2.39. The summed E-state index contributed by atoms with van der Waals surface area (Å²) in [6.45, 7) is 1.31. The van der Waals surface area contributed by atoms with E-state index in [0.717, 1.165) is 0 Å². The number of hydrogen-bond acceptors (Lipinski definition) is 5. The maximum absolute atomic E-state index is 9.17. The van der Waals surface area contributed by atoms with Gasteiger partial charge in [0.2, 0.25) is 0 Å². The van der Waals surface area contributed by atoms with Crippen molar-refractivity contribution in [2.75, 3.05) is 31.4 Å².